The van der Waals surface area contributed by atoms with Crippen molar-refractivity contribution in [3.8, 4) is 0 Å². The Kier molecular flexibility index (Phi) is 7.76. The summed E-state index contributed by atoms with van der Waals surface area (Å²) in [5.41, 5.74) is 0. The quantitative estimate of drug-likeness (QED) is 0.623. The van der Waals surface area contributed by atoms with Crippen LogP contribution in [0, 0.1) is 0 Å². The van der Waals surface area contributed by atoms with Crippen LogP contribution in [0.4, 0.5) is 0 Å². The van der Waals surface area contributed by atoms with Crippen molar-refractivity contribution in [3.63, 3.8) is 0 Å². The first-order valence-corrected chi connectivity index (χ1v) is 6.31. The van der Waals surface area contributed by atoms with E-state index < -0.39 is 0 Å². The third-order valence-corrected chi connectivity index (χ3v) is 3.10. The van der Waals surface area contributed by atoms with Crippen LogP contribution in [0.3, 0.4) is 0 Å². The summed E-state index contributed by atoms with van der Waals surface area (Å²) in [6.45, 7) is 6.42. The number of piperidine rings is 1. The maximum absolute atomic E-state index is 5.40. The number of methoxy groups -OCH3 is 2. The molecule has 4 nitrogen and oxygen atoms in total. The van der Waals surface area contributed by atoms with Crippen LogP contribution in [-0.2, 0) is 9.47 Å². The van der Waals surface area contributed by atoms with Gasteiger partial charge in [0.2, 0.25) is 0 Å². The van der Waals surface area contributed by atoms with E-state index in [1.807, 2.05) is 7.11 Å². The third kappa shape index (κ3) is 5.80. The summed E-state index contributed by atoms with van der Waals surface area (Å²) in [6.07, 6.45) is 4.02. The van der Waals surface area contributed by atoms with E-state index in [0.717, 1.165) is 39.2 Å². The molecule has 1 heterocycles. The molecule has 0 spiro atoms. The average molecular weight is 230 g/mol. The van der Waals surface area contributed by atoms with Gasteiger partial charge in [0, 0.05) is 40.5 Å². The van der Waals surface area contributed by atoms with E-state index in [1.165, 1.54) is 19.4 Å². The second-order valence-electron chi connectivity index (χ2n) is 4.40. The summed E-state index contributed by atoms with van der Waals surface area (Å²) in [5.74, 6) is 0. The second kappa shape index (κ2) is 8.93. The molecule has 1 rings (SSSR count). The molecule has 4 heteroatoms. The van der Waals surface area contributed by atoms with E-state index in [1.54, 1.807) is 7.11 Å². The largest absolute Gasteiger partial charge is 0.385 e. The van der Waals surface area contributed by atoms with E-state index in [4.69, 9.17) is 9.47 Å². The molecule has 16 heavy (non-hydrogen) atoms. The number of likely N-dealkylation sites (tertiary alicyclic amines) is 1. The van der Waals surface area contributed by atoms with Crippen molar-refractivity contribution in [2.45, 2.75) is 25.4 Å². The minimum Gasteiger partial charge on any atom is -0.385 e. The van der Waals surface area contributed by atoms with Crippen molar-refractivity contribution in [1.29, 1.82) is 0 Å². The summed E-state index contributed by atoms with van der Waals surface area (Å²) in [7, 11) is 3.57. The first kappa shape index (κ1) is 13.9. The summed E-state index contributed by atoms with van der Waals surface area (Å²) in [4.78, 5) is 2.49. The van der Waals surface area contributed by atoms with Crippen LogP contribution < -0.4 is 5.32 Å². The van der Waals surface area contributed by atoms with Gasteiger partial charge in [-0.1, -0.05) is 0 Å². The molecule has 1 aliphatic heterocycles. The lowest BCUT2D eigenvalue weighted by Crippen LogP contribution is -2.42. The molecule has 0 aliphatic carbocycles. The molecule has 1 N–H and O–H groups in total. The lowest BCUT2D eigenvalue weighted by Gasteiger charge is -2.31. The van der Waals surface area contributed by atoms with Gasteiger partial charge in [0.05, 0.1) is 6.10 Å². The van der Waals surface area contributed by atoms with E-state index >= 15 is 0 Å². The lowest BCUT2D eigenvalue weighted by molar-refractivity contribution is 0.0318. The predicted octanol–water partition coefficient (Wildman–Crippen LogP) is 0.723. The van der Waals surface area contributed by atoms with Gasteiger partial charge in [-0.3, -0.25) is 4.90 Å². The third-order valence-electron chi connectivity index (χ3n) is 3.10. The number of ether oxygens (including phenoxy) is 2. The Hall–Kier alpha value is -0.160. The molecule has 0 saturated carbocycles. The van der Waals surface area contributed by atoms with Crippen molar-refractivity contribution >= 4 is 0 Å². The molecule has 0 amide bonds. The summed E-state index contributed by atoms with van der Waals surface area (Å²) < 4.78 is 10.4. The van der Waals surface area contributed by atoms with E-state index in [-0.39, 0.29) is 0 Å². The number of hydrogen-bond donors (Lipinski definition) is 1. The van der Waals surface area contributed by atoms with Crippen molar-refractivity contribution in [3.05, 3.63) is 0 Å². The average Bonchev–Trinajstić information content (AvgIpc) is 2.34. The first-order valence-electron chi connectivity index (χ1n) is 6.31. The molecule has 1 fully saturated rings. The Labute approximate surface area is 99.3 Å². The fraction of sp³-hybridized carbons (Fsp3) is 1.00. The van der Waals surface area contributed by atoms with Gasteiger partial charge in [-0.15, -0.1) is 0 Å². The van der Waals surface area contributed by atoms with Crippen LogP contribution in [-0.4, -0.2) is 64.6 Å². The van der Waals surface area contributed by atoms with Gasteiger partial charge < -0.3 is 14.8 Å². The van der Waals surface area contributed by atoms with E-state index in [9.17, 15) is 0 Å². The van der Waals surface area contributed by atoms with Crippen molar-refractivity contribution in [2.24, 2.45) is 0 Å². The molecular formula is C12H26N2O2. The predicted molar refractivity (Wildman–Crippen MR) is 65.8 cm³/mol. The van der Waals surface area contributed by atoms with Crippen LogP contribution in [0.15, 0.2) is 0 Å². The molecule has 0 radical (unpaired) electrons. The number of nitrogens with one attached hydrogen (secondary N) is 1. The van der Waals surface area contributed by atoms with E-state index in [0.29, 0.717) is 6.10 Å². The fourth-order valence-electron chi connectivity index (χ4n) is 2.11. The van der Waals surface area contributed by atoms with E-state index in [2.05, 4.69) is 10.2 Å². The van der Waals surface area contributed by atoms with Gasteiger partial charge in [0.1, 0.15) is 0 Å². The first-order chi connectivity index (χ1) is 7.86. The van der Waals surface area contributed by atoms with Gasteiger partial charge in [-0.2, -0.15) is 0 Å². The highest BCUT2D eigenvalue weighted by molar-refractivity contribution is 4.73. The van der Waals surface area contributed by atoms with Crippen LogP contribution in [0.5, 0.6) is 0 Å². The maximum atomic E-state index is 5.40. The molecule has 1 unspecified atom stereocenters. The van der Waals surface area contributed by atoms with Gasteiger partial charge >= 0.3 is 0 Å². The Morgan fingerprint density at radius 1 is 1.31 bits per heavy atom. The van der Waals surface area contributed by atoms with Crippen molar-refractivity contribution in [1.82, 2.24) is 10.2 Å². The Morgan fingerprint density at radius 2 is 2.19 bits per heavy atom. The molecule has 96 valence electrons. The van der Waals surface area contributed by atoms with Crippen LogP contribution in [0.25, 0.3) is 0 Å². The summed E-state index contributed by atoms with van der Waals surface area (Å²) in [5, 5.41) is 3.44. The Balaban J connectivity index is 1.95. The normalized spacial score (nSPS) is 22.5. The van der Waals surface area contributed by atoms with Crippen LogP contribution >= 0.6 is 0 Å². The Morgan fingerprint density at radius 3 is 2.94 bits per heavy atom. The highest BCUT2D eigenvalue weighted by Gasteiger charge is 2.18. The summed E-state index contributed by atoms with van der Waals surface area (Å²) >= 11 is 0. The standard InChI is InChI=1S/C12H26N2O2/c1-15-10-4-6-13-7-9-14-8-3-5-12(11-14)16-2/h12-13H,3-11H2,1-2H3. The minimum atomic E-state index is 0.447. The Bertz CT molecular complexity index is 167. The molecule has 1 saturated heterocycles. The van der Waals surface area contributed by atoms with Crippen molar-refractivity contribution < 1.29 is 9.47 Å². The van der Waals surface area contributed by atoms with Crippen LogP contribution in [0.2, 0.25) is 0 Å². The maximum Gasteiger partial charge on any atom is 0.0698 e. The molecule has 0 aromatic heterocycles. The lowest BCUT2D eigenvalue weighted by atomic mass is 10.1. The molecule has 0 aromatic carbocycles. The smallest absolute Gasteiger partial charge is 0.0698 e. The van der Waals surface area contributed by atoms with Gasteiger partial charge in [-0.05, 0) is 32.4 Å². The van der Waals surface area contributed by atoms with Gasteiger partial charge in [0.15, 0.2) is 0 Å². The minimum absolute atomic E-state index is 0.447. The topological polar surface area (TPSA) is 33.7 Å². The van der Waals surface area contributed by atoms with Gasteiger partial charge in [-0.25, -0.2) is 0 Å². The number of nitrogens with zero attached hydrogens (tertiary/aromatic N) is 1. The second-order valence-corrected chi connectivity index (χ2v) is 4.40. The molecule has 1 atom stereocenters. The van der Waals surface area contributed by atoms with Crippen LogP contribution in [0.1, 0.15) is 19.3 Å². The SMILES string of the molecule is COCCCNCCN1CCCC(OC)C1. The number of hydrogen-bond acceptors (Lipinski definition) is 4. The van der Waals surface area contributed by atoms with Gasteiger partial charge in [0.25, 0.3) is 0 Å². The molecule has 0 bridgehead atoms. The fourth-order valence-corrected chi connectivity index (χ4v) is 2.11. The zero-order valence-electron chi connectivity index (χ0n) is 10.7. The van der Waals surface area contributed by atoms with Crippen molar-refractivity contribution in [2.75, 3.05) is 53.6 Å². The highest BCUT2D eigenvalue weighted by atomic mass is 16.5. The molecular weight excluding hydrogens is 204 g/mol. The zero-order chi connectivity index (χ0) is 11.6. The monoisotopic (exact) mass is 230 g/mol. The number of rotatable bonds is 8. The highest BCUT2D eigenvalue weighted by Crippen LogP contribution is 2.11. The zero-order valence-corrected chi connectivity index (χ0v) is 10.7. The molecule has 1 aliphatic rings. The molecule has 0 aromatic rings. The summed E-state index contributed by atoms with van der Waals surface area (Å²) in [6, 6.07) is 0.